The molecule has 5 nitrogen and oxygen atoms in total. The number of carbonyl (C=O) groups excluding carboxylic acids is 3. The van der Waals surface area contributed by atoms with Gasteiger partial charge < -0.3 is 9.47 Å². The first-order valence-electron chi connectivity index (χ1n) is 7.99. The van der Waals surface area contributed by atoms with Crippen LogP contribution in [0, 0.1) is 23.7 Å². The predicted molar refractivity (Wildman–Crippen MR) is 77.3 cm³/mol. The molecule has 0 aromatic heterocycles. The number of fused-ring (bicyclic) bond motifs is 2. The molecule has 4 fully saturated rings. The molecule has 118 valence electrons. The smallest absolute Gasteiger partial charge is 0.313 e. The number of ketones is 1. The van der Waals surface area contributed by atoms with Gasteiger partial charge in [0.15, 0.2) is 0 Å². The highest BCUT2D eigenvalue weighted by molar-refractivity contribution is 6.00. The van der Waals surface area contributed by atoms with Crippen LogP contribution in [0.4, 0.5) is 0 Å². The fraction of sp³-hybridized carbons (Fsp3) is 0.500. The van der Waals surface area contributed by atoms with E-state index in [2.05, 4.69) is 6.07 Å². The first kappa shape index (κ1) is 13.3. The lowest BCUT2D eigenvalue weighted by Gasteiger charge is -2.53. The maximum Gasteiger partial charge on any atom is 0.313 e. The number of rotatable bonds is 1. The van der Waals surface area contributed by atoms with Gasteiger partial charge in [-0.25, -0.2) is 0 Å². The lowest BCUT2D eigenvalue weighted by Crippen LogP contribution is -2.64. The second kappa shape index (κ2) is 4.02. The molecule has 2 heterocycles. The quantitative estimate of drug-likeness (QED) is 0.725. The van der Waals surface area contributed by atoms with Crippen LogP contribution in [0.1, 0.15) is 17.5 Å². The number of carbonyl (C=O) groups is 3. The van der Waals surface area contributed by atoms with Gasteiger partial charge in [0.1, 0.15) is 17.8 Å². The number of ether oxygens (including phenoxy) is 2. The van der Waals surface area contributed by atoms with Gasteiger partial charge in [0.2, 0.25) is 0 Å². The van der Waals surface area contributed by atoms with Gasteiger partial charge in [-0.05, 0) is 17.5 Å². The van der Waals surface area contributed by atoms with Crippen molar-refractivity contribution in [2.45, 2.75) is 24.4 Å². The van der Waals surface area contributed by atoms with Crippen LogP contribution < -0.4 is 0 Å². The van der Waals surface area contributed by atoms with Gasteiger partial charge in [-0.15, -0.1) is 0 Å². The van der Waals surface area contributed by atoms with Crippen LogP contribution in [-0.2, 0) is 35.7 Å². The Hall–Kier alpha value is -2.17. The second-order valence-corrected chi connectivity index (χ2v) is 7.11. The van der Waals surface area contributed by atoms with Gasteiger partial charge in [0.05, 0.1) is 13.0 Å². The van der Waals surface area contributed by atoms with Crippen molar-refractivity contribution in [3.63, 3.8) is 0 Å². The summed E-state index contributed by atoms with van der Waals surface area (Å²) in [5, 5.41) is 0. The number of benzene rings is 1. The summed E-state index contributed by atoms with van der Waals surface area (Å²) in [6, 6.07) is 8.02. The summed E-state index contributed by atoms with van der Waals surface area (Å²) < 4.78 is 10.5. The molecule has 0 amide bonds. The van der Waals surface area contributed by atoms with Crippen molar-refractivity contribution in [1.82, 2.24) is 0 Å². The molecule has 6 rings (SSSR count). The monoisotopic (exact) mass is 312 g/mol. The van der Waals surface area contributed by atoms with E-state index in [0.29, 0.717) is 6.42 Å². The predicted octanol–water partition coefficient (Wildman–Crippen LogP) is 1.03. The van der Waals surface area contributed by atoms with Crippen molar-refractivity contribution in [2.75, 3.05) is 7.11 Å². The van der Waals surface area contributed by atoms with Crippen molar-refractivity contribution in [3.8, 4) is 0 Å². The zero-order valence-electron chi connectivity index (χ0n) is 12.7. The third-order valence-electron chi connectivity index (χ3n) is 6.49. The van der Waals surface area contributed by atoms with E-state index in [9.17, 15) is 14.4 Å². The highest BCUT2D eigenvalue weighted by atomic mass is 16.6. The van der Waals surface area contributed by atoms with Crippen LogP contribution in [0.2, 0.25) is 0 Å². The van der Waals surface area contributed by atoms with E-state index in [1.165, 1.54) is 12.7 Å². The van der Waals surface area contributed by atoms with Crippen LogP contribution in [0.3, 0.4) is 0 Å². The van der Waals surface area contributed by atoms with E-state index < -0.39 is 35.2 Å². The standard InChI is InChI=1S/C18H16O5/c1-22-16(20)13-12-11(19)7-18-9-5-3-2-4-8(9)6-10(18)15(13)23-17(21)14(12)18/h2-5,10,12-15H,6-7H2,1H3/t10-,12-,13-,14-,15+,18-/m1/s1. The van der Waals surface area contributed by atoms with Gasteiger partial charge in [-0.2, -0.15) is 0 Å². The van der Waals surface area contributed by atoms with Gasteiger partial charge in [-0.3, -0.25) is 14.4 Å². The van der Waals surface area contributed by atoms with E-state index in [0.717, 1.165) is 12.0 Å². The highest BCUT2D eigenvalue weighted by Gasteiger charge is 2.76. The average molecular weight is 312 g/mol. The topological polar surface area (TPSA) is 69.7 Å². The summed E-state index contributed by atoms with van der Waals surface area (Å²) in [6.07, 6.45) is 0.533. The van der Waals surface area contributed by atoms with Gasteiger partial charge in [-0.1, -0.05) is 24.3 Å². The van der Waals surface area contributed by atoms with Crippen molar-refractivity contribution < 1.29 is 23.9 Å². The van der Waals surface area contributed by atoms with Crippen LogP contribution in [0.25, 0.3) is 0 Å². The Morgan fingerprint density at radius 1 is 1.30 bits per heavy atom. The van der Waals surface area contributed by atoms with Crippen LogP contribution in [0.5, 0.6) is 0 Å². The molecular formula is C18H16O5. The zero-order chi connectivity index (χ0) is 15.9. The molecule has 5 heteroatoms. The Labute approximate surface area is 132 Å². The molecule has 6 atom stereocenters. The van der Waals surface area contributed by atoms with E-state index >= 15 is 0 Å². The van der Waals surface area contributed by atoms with Crippen molar-refractivity contribution >= 4 is 17.7 Å². The Morgan fingerprint density at radius 2 is 2.09 bits per heavy atom. The molecule has 0 N–H and O–H groups in total. The van der Waals surface area contributed by atoms with Crippen LogP contribution >= 0.6 is 0 Å². The maximum atomic E-state index is 12.8. The summed E-state index contributed by atoms with van der Waals surface area (Å²) in [5.74, 6) is -2.53. The lowest BCUT2D eigenvalue weighted by atomic mass is 9.55. The normalized spacial score (nSPS) is 42.2. The fourth-order valence-electron chi connectivity index (χ4n) is 5.83. The summed E-state index contributed by atoms with van der Waals surface area (Å²) in [7, 11) is 1.32. The summed E-state index contributed by atoms with van der Waals surface area (Å²) in [6.45, 7) is 0. The first-order valence-corrected chi connectivity index (χ1v) is 7.99. The molecule has 2 saturated carbocycles. The minimum atomic E-state index is -0.648. The largest absolute Gasteiger partial charge is 0.469 e. The molecule has 1 spiro atoms. The number of hydrogen-bond acceptors (Lipinski definition) is 5. The van der Waals surface area contributed by atoms with E-state index in [4.69, 9.17) is 9.47 Å². The van der Waals surface area contributed by atoms with Crippen molar-refractivity contribution in [1.29, 1.82) is 0 Å². The fourth-order valence-corrected chi connectivity index (χ4v) is 5.83. The summed E-state index contributed by atoms with van der Waals surface area (Å²) in [5.41, 5.74) is 1.81. The Kier molecular flexibility index (Phi) is 2.32. The molecule has 1 aromatic rings. The molecule has 0 radical (unpaired) electrons. The molecule has 5 aliphatic rings. The van der Waals surface area contributed by atoms with Gasteiger partial charge in [0.25, 0.3) is 0 Å². The lowest BCUT2D eigenvalue weighted by molar-refractivity contribution is -0.207. The number of Topliss-reactive ketones (excluding diaryl/α,β-unsaturated/α-hetero) is 1. The van der Waals surface area contributed by atoms with Gasteiger partial charge in [0, 0.05) is 23.7 Å². The Morgan fingerprint density at radius 3 is 2.87 bits per heavy atom. The minimum Gasteiger partial charge on any atom is -0.469 e. The van der Waals surface area contributed by atoms with Crippen LogP contribution in [0.15, 0.2) is 24.3 Å². The molecule has 4 bridgehead atoms. The van der Waals surface area contributed by atoms with E-state index in [1.807, 2.05) is 18.2 Å². The SMILES string of the molecule is COC(=O)[C@H]1[C@H]2OC(=O)[C@H]3[C@@H]1C(=O)C[C@]31c3ccccc3C[C@H]21. The summed E-state index contributed by atoms with van der Waals surface area (Å²) >= 11 is 0. The number of esters is 2. The molecule has 1 aromatic carbocycles. The third kappa shape index (κ3) is 1.29. The van der Waals surface area contributed by atoms with E-state index in [1.54, 1.807) is 0 Å². The molecule has 3 aliphatic carbocycles. The molecule has 2 saturated heterocycles. The summed E-state index contributed by atoms with van der Waals surface area (Å²) in [4.78, 5) is 37.6. The second-order valence-electron chi connectivity index (χ2n) is 7.11. The third-order valence-corrected chi connectivity index (χ3v) is 6.49. The minimum absolute atomic E-state index is 0.00519. The number of hydrogen-bond donors (Lipinski definition) is 0. The van der Waals surface area contributed by atoms with Crippen molar-refractivity contribution in [2.24, 2.45) is 23.7 Å². The van der Waals surface area contributed by atoms with Crippen molar-refractivity contribution in [3.05, 3.63) is 35.4 Å². The Bertz CT molecular complexity index is 768. The highest BCUT2D eigenvalue weighted by Crippen LogP contribution is 2.67. The van der Waals surface area contributed by atoms with Gasteiger partial charge >= 0.3 is 11.9 Å². The average Bonchev–Trinajstić information content (AvgIpc) is 3.03. The molecule has 2 aliphatic heterocycles. The number of methoxy groups -OCH3 is 1. The molecule has 23 heavy (non-hydrogen) atoms. The molecule has 0 unspecified atom stereocenters. The first-order chi connectivity index (χ1) is 11.1. The van der Waals surface area contributed by atoms with Crippen LogP contribution in [-0.4, -0.2) is 30.9 Å². The zero-order valence-corrected chi connectivity index (χ0v) is 12.7. The van der Waals surface area contributed by atoms with E-state index in [-0.39, 0.29) is 17.7 Å². The Balaban J connectivity index is 1.76. The molecular weight excluding hydrogens is 296 g/mol. The maximum absolute atomic E-state index is 12.8.